The van der Waals surface area contributed by atoms with E-state index >= 15 is 0 Å². The van der Waals surface area contributed by atoms with Crippen molar-refractivity contribution in [2.24, 2.45) is 10.9 Å². The van der Waals surface area contributed by atoms with E-state index < -0.39 is 0 Å². The molecule has 164 valence electrons. The molecule has 2 heterocycles. The Labute approximate surface area is 186 Å². The highest BCUT2D eigenvalue weighted by atomic mass is 16.2. The third-order valence-corrected chi connectivity index (χ3v) is 6.83. The molecule has 4 rings (SSSR count). The zero-order chi connectivity index (χ0) is 22.0. The maximum Gasteiger partial charge on any atom is 0.252 e. The normalized spacial score (nSPS) is 20.1. The van der Waals surface area contributed by atoms with E-state index in [9.17, 15) is 4.79 Å². The fourth-order valence-corrected chi connectivity index (χ4v) is 5.01. The molecule has 1 unspecified atom stereocenters. The van der Waals surface area contributed by atoms with Crippen LogP contribution in [0.25, 0.3) is 10.8 Å². The third-order valence-electron chi connectivity index (χ3n) is 6.83. The van der Waals surface area contributed by atoms with Crippen molar-refractivity contribution >= 4 is 22.4 Å². The Morgan fingerprint density at radius 2 is 1.77 bits per heavy atom. The summed E-state index contributed by atoms with van der Waals surface area (Å²) in [4.78, 5) is 23.2. The van der Waals surface area contributed by atoms with Crippen molar-refractivity contribution in [1.82, 2.24) is 9.80 Å². The third kappa shape index (κ3) is 4.31. The molecule has 0 spiro atoms. The number of amides is 1. The summed E-state index contributed by atoms with van der Waals surface area (Å²) in [5.41, 5.74) is 4.08. The maximum absolute atomic E-state index is 13.7. The summed E-state index contributed by atoms with van der Waals surface area (Å²) in [5, 5.41) is 2.44. The van der Waals surface area contributed by atoms with Crippen molar-refractivity contribution in [1.29, 1.82) is 0 Å². The summed E-state index contributed by atoms with van der Waals surface area (Å²) >= 11 is 0. The molecule has 0 saturated carbocycles. The number of piperazine rings is 1. The first kappa shape index (κ1) is 21.8. The Bertz CT molecular complexity index is 1010. The summed E-state index contributed by atoms with van der Waals surface area (Å²) in [6, 6.07) is 15.4. The Morgan fingerprint density at radius 1 is 1.06 bits per heavy atom. The van der Waals surface area contributed by atoms with Crippen LogP contribution in [-0.2, 0) is 4.79 Å². The van der Waals surface area contributed by atoms with Gasteiger partial charge in [-0.25, -0.2) is 0 Å². The number of allylic oxidation sites excluding steroid dienone is 1. The second kappa shape index (κ2) is 9.35. The quantitative estimate of drug-likeness (QED) is 0.641. The number of unbranched alkanes of at least 4 members (excludes halogenated alkanes) is 1. The molecule has 2 aliphatic rings. The van der Waals surface area contributed by atoms with E-state index in [1.165, 1.54) is 16.3 Å². The molecule has 4 nitrogen and oxygen atoms in total. The Balaban J connectivity index is 1.63. The minimum atomic E-state index is 0.0846. The average molecular weight is 418 g/mol. The van der Waals surface area contributed by atoms with Gasteiger partial charge in [0.1, 0.15) is 0 Å². The Hall–Kier alpha value is -2.46. The van der Waals surface area contributed by atoms with Crippen molar-refractivity contribution in [2.45, 2.75) is 53.0 Å². The molecule has 0 radical (unpaired) electrons. The minimum Gasteiger partial charge on any atom is -0.336 e. The number of hydrogen-bond donors (Lipinski definition) is 0. The molecule has 1 fully saturated rings. The monoisotopic (exact) mass is 417 g/mol. The Morgan fingerprint density at radius 3 is 2.48 bits per heavy atom. The van der Waals surface area contributed by atoms with Crippen LogP contribution in [-0.4, -0.2) is 53.6 Å². The molecule has 0 bridgehead atoms. The zero-order valence-electron chi connectivity index (χ0n) is 19.4. The van der Waals surface area contributed by atoms with E-state index in [1.54, 1.807) is 0 Å². The first-order valence-corrected chi connectivity index (χ1v) is 11.8. The molecule has 0 aliphatic carbocycles. The van der Waals surface area contributed by atoms with Gasteiger partial charge < -0.3 is 4.90 Å². The number of carbonyl (C=O) groups excluding carboxylic acids is 1. The largest absolute Gasteiger partial charge is 0.336 e. The number of carbonyl (C=O) groups is 1. The van der Waals surface area contributed by atoms with Gasteiger partial charge in [0.15, 0.2) is 0 Å². The summed E-state index contributed by atoms with van der Waals surface area (Å²) < 4.78 is 0. The van der Waals surface area contributed by atoms with Crippen molar-refractivity contribution in [3.8, 4) is 0 Å². The summed E-state index contributed by atoms with van der Waals surface area (Å²) in [6.45, 7) is 12.2. The topological polar surface area (TPSA) is 35.9 Å². The van der Waals surface area contributed by atoms with E-state index in [0.29, 0.717) is 6.04 Å². The lowest BCUT2D eigenvalue weighted by molar-refractivity contribution is -0.129. The molecule has 1 atom stereocenters. The summed E-state index contributed by atoms with van der Waals surface area (Å²) in [7, 11) is 0. The number of benzene rings is 2. The molecule has 1 amide bonds. The molecular weight excluding hydrogens is 382 g/mol. The van der Waals surface area contributed by atoms with Gasteiger partial charge in [0.2, 0.25) is 0 Å². The molecule has 0 N–H and O–H groups in total. The lowest BCUT2D eigenvalue weighted by Gasteiger charge is -2.37. The predicted molar refractivity (Wildman–Crippen MR) is 129 cm³/mol. The lowest BCUT2D eigenvalue weighted by Crippen LogP contribution is -2.51. The first-order chi connectivity index (χ1) is 15.0. The summed E-state index contributed by atoms with van der Waals surface area (Å²) in [5.74, 6) is 0.280. The van der Waals surface area contributed by atoms with Crippen molar-refractivity contribution < 1.29 is 4.79 Å². The number of nitrogens with zero attached hydrogens (tertiary/aromatic N) is 3. The van der Waals surface area contributed by atoms with E-state index in [4.69, 9.17) is 4.99 Å². The van der Waals surface area contributed by atoms with Gasteiger partial charge in [-0.1, -0.05) is 62.2 Å². The molecule has 2 aliphatic heterocycles. The van der Waals surface area contributed by atoms with Gasteiger partial charge in [0.05, 0.1) is 5.71 Å². The fraction of sp³-hybridized carbons (Fsp3) is 0.481. The van der Waals surface area contributed by atoms with Crippen LogP contribution in [0.2, 0.25) is 0 Å². The van der Waals surface area contributed by atoms with Crippen LogP contribution in [0.5, 0.6) is 0 Å². The lowest BCUT2D eigenvalue weighted by atomic mass is 9.84. The van der Waals surface area contributed by atoms with Crippen LogP contribution in [0.1, 0.15) is 52.5 Å². The van der Waals surface area contributed by atoms with Gasteiger partial charge in [-0.3, -0.25) is 14.7 Å². The number of aliphatic imine (C=N–C) groups is 1. The van der Waals surface area contributed by atoms with Crippen LogP contribution in [0.15, 0.2) is 58.7 Å². The van der Waals surface area contributed by atoms with Crippen LogP contribution in [0.3, 0.4) is 0 Å². The molecule has 31 heavy (non-hydrogen) atoms. The zero-order valence-corrected chi connectivity index (χ0v) is 19.4. The van der Waals surface area contributed by atoms with Gasteiger partial charge in [-0.2, -0.15) is 0 Å². The highest BCUT2D eigenvalue weighted by Gasteiger charge is 2.36. The van der Waals surface area contributed by atoms with Crippen molar-refractivity contribution in [3.05, 3.63) is 59.3 Å². The second-order valence-electron chi connectivity index (χ2n) is 9.14. The molecule has 4 heteroatoms. The number of hydrogen-bond acceptors (Lipinski definition) is 3. The molecule has 1 saturated heterocycles. The van der Waals surface area contributed by atoms with Gasteiger partial charge in [-0.15, -0.1) is 0 Å². The standard InChI is InChI=1S/C27H35N3O/c1-5-6-12-24-25(27(31)30-17-15-29(16-18-30)19(2)3)20(4)28-26(24)23-14-9-11-21-10-7-8-13-22(21)23/h7-11,13-14,19,24H,5-6,12,15-18H2,1-4H3. The highest BCUT2D eigenvalue weighted by Crippen LogP contribution is 2.36. The molecule has 2 aromatic carbocycles. The van der Waals surface area contributed by atoms with E-state index in [2.05, 4.69) is 73.0 Å². The minimum absolute atomic E-state index is 0.0846. The van der Waals surface area contributed by atoms with E-state index in [-0.39, 0.29) is 11.8 Å². The molecule has 2 aromatic rings. The summed E-state index contributed by atoms with van der Waals surface area (Å²) in [6.07, 6.45) is 3.19. The van der Waals surface area contributed by atoms with Gasteiger partial charge in [0, 0.05) is 55.0 Å². The molecule has 0 aromatic heterocycles. The van der Waals surface area contributed by atoms with Crippen LogP contribution in [0, 0.1) is 5.92 Å². The number of rotatable bonds is 6. The number of fused-ring (bicyclic) bond motifs is 1. The van der Waals surface area contributed by atoms with Crippen LogP contribution >= 0.6 is 0 Å². The predicted octanol–water partition coefficient (Wildman–Crippen LogP) is 5.28. The van der Waals surface area contributed by atoms with Gasteiger partial charge >= 0.3 is 0 Å². The highest BCUT2D eigenvalue weighted by molar-refractivity contribution is 6.18. The smallest absolute Gasteiger partial charge is 0.252 e. The van der Waals surface area contributed by atoms with Crippen LogP contribution < -0.4 is 0 Å². The maximum atomic E-state index is 13.7. The first-order valence-electron chi connectivity index (χ1n) is 11.8. The SMILES string of the molecule is CCCCC1C(c2cccc3ccccc23)=NC(C)=C1C(=O)N1CCN(C(C)C)CC1. The van der Waals surface area contributed by atoms with Crippen molar-refractivity contribution in [2.75, 3.05) is 26.2 Å². The second-order valence-corrected chi connectivity index (χ2v) is 9.14. The average Bonchev–Trinajstić information content (AvgIpc) is 3.12. The van der Waals surface area contributed by atoms with E-state index in [0.717, 1.165) is 62.4 Å². The van der Waals surface area contributed by atoms with Gasteiger partial charge in [0.25, 0.3) is 5.91 Å². The van der Waals surface area contributed by atoms with Gasteiger partial charge in [-0.05, 0) is 38.0 Å². The van der Waals surface area contributed by atoms with Crippen LogP contribution in [0.4, 0.5) is 0 Å². The fourth-order valence-electron chi connectivity index (χ4n) is 5.01. The Kier molecular flexibility index (Phi) is 6.57. The van der Waals surface area contributed by atoms with E-state index in [1.807, 2.05) is 6.92 Å². The van der Waals surface area contributed by atoms with Crippen molar-refractivity contribution in [3.63, 3.8) is 0 Å². The molecular formula is C27H35N3O.